The lowest BCUT2D eigenvalue weighted by Gasteiger charge is -2.24. The van der Waals surface area contributed by atoms with Gasteiger partial charge in [0, 0.05) is 23.8 Å². The first-order valence-corrected chi connectivity index (χ1v) is 7.31. The zero-order chi connectivity index (χ0) is 11.3. The number of hydrogen-bond donors (Lipinski definition) is 0. The van der Waals surface area contributed by atoms with E-state index >= 15 is 0 Å². The van der Waals surface area contributed by atoms with E-state index in [0.717, 1.165) is 24.3 Å². The van der Waals surface area contributed by atoms with Crippen LogP contribution >= 0.6 is 27.3 Å². The Balaban J connectivity index is 2.37. The van der Waals surface area contributed by atoms with Gasteiger partial charge in [-0.25, -0.2) is 4.98 Å². The smallest absolute Gasteiger partial charge is 0.0795 e. The molecule has 1 aromatic heterocycles. The van der Waals surface area contributed by atoms with Gasteiger partial charge in [0.25, 0.3) is 0 Å². The van der Waals surface area contributed by atoms with Crippen molar-refractivity contribution in [2.75, 3.05) is 18.9 Å². The second-order valence-electron chi connectivity index (χ2n) is 4.33. The summed E-state index contributed by atoms with van der Waals surface area (Å²) in [6.45, 7) is 6.64. The van der Waals surface area contributed by atoms with Crippen LogP contribution in [0.1, 0.15) is 19.5 Å². The highest BCUT2D eigenvalue weighted by Crippen LogP contribution is 2.15. The Bertz CT molecular complexity index is 262. The molecule has 0 amide bonds. The number of rotatable bonds is 6. The molecule has 0 aliphatic heterocycles. The molecule has 0 saturated heterocycles. The van der Waals surface area contributed by atoms with Crippen LogP contribution < -0.4 is 0 Å². The minimum atomic E-state index is 0.716. The van der Waals surface area contributed by atoms with Crippen molar-refractivity contribution in [1.29, 1.82) is 0 Å². The van der Waals surface area contributed by atoms with Gasteiger partial charge in [0.05, 0.1) is 11.2 Å². The summed E-state index contributed by atoms with van der Waals surface area (Å²) in [6, 6.07) is 0. The normalized spacial score (nSPS) is 13.7. The summed E-state index contributed by atoms with van der Waals surface area (Å²) < 4.78 is 0. The van der Waals surface area contributed by atoms with E-state index in [0.29, 0.717) is 5.92 Å². The lowest BCUT2D eigenvalue weighted by Crippen LogP contribution is -2.29. The van der Waals surface area contributed by atoms with Crippen molar-refractivity contribution in [1.82, 2.24) is 9.88 Å². The Morgan fingerprint density at radius 1 is 1.53 bits per heavy atom. The maximum absolute atomic E-state index is 4.30. The van der Waals surface area contributed by atoms with Gasteiger partial charge in [0.1, 0.15) is 0 Å². The highest BCUT2D eigenvalue weighted by atomic mass is 79.9. The fourth-order valence-corrected chi connectivity index (χ4v) is 3.00. The molecule has 0 aliphatic carbocycles. The molecule has 1 rings (SSSR count). The highest BCUT2D eigenvalue weighted by Gasteiger charge is 2.14. The Kier molecular flexibility index (Phi) is 5.79. The summed E-state index contributed by atoms with van der Waals surface area (Å²) in [4.78, 5) is 6.65. The molecule has 0 aliphatic rings. The Morgan fingerprint density at radius 3 is 2.73 bits per heavy atom. The molecule has 0 saturated carbocycles. The Hall–Kier alpha value is 0.0700. The molecule has 0 radical (unpaired) electrons. The standard InChI is InChI=1S/C11H19BrN2S/c1-9(2)10(4-12)5-14(3)6-11-7-15-8-13-11/h7-10H,4-6H2,1-3H3. The molecule has 4 heteroatoms. The van der Waals surface area contributed by atoms with Crippen LogP contribution in [0.25, 0.3) is 0 Å². The van der Waals surface area contributed by atoms with Crippen LogP contribution in [0.2, 0.25) is 0 Å². The fourth-order valence-electron chi connectivity index (χ4n) is 1.49. The average Bonchev–Trinajstić information content (AvgIpc) is 2.66. The van der Waals surface area contributed by atoms with Crippen LogP contribution in [0.3, 0.4) is 0 Å². The van der Waals surface area contributed by atoms with Gasteiger partial charge < -0.3 is 4.90 Å². The second kappa shape index (κ2) is 6.61. The fraction of sp³-hybridized carbons (Fsp3) is 0.727. The largest absolute Gasteiger partial charge is 0.300 e. The van der Waals surface area contributed by atoms with Crippen LogP contribution in [0, 0.1) is 11.8 Å². The Labute approximate surface area is 105 Å². The van der Waals surface area contributed by atoms with Crippen molar-refractivity contribution in [3.05, 3.63) is 16.6 Å². The molecule has 0 aromatic carbocycles. The molecular weight excluding hydrogens is 272 g/mol. The number of nitrogens with zero attached hydrogens (tertiary/aromatic N) is 2. The van der Waals surface area contributed by atoms with Gasteiger partial charge >= 0.3 is 0 Å². The number of halogens is 1. The number of hydrogen-bond acceptors (Lipinski definition) is 3. The lowest BCUT2D eigenvalue weighted by molar-refractivity contribution is 0.245. The van der Waals surface area contributed by atoms with Crippen LogP contribution in [-0.2, 0) is 6.54 Å². The molecule has 0 fully saturated rings. The average molecular weight is 291 g/mol. The maximum atomic E-state index is 4.30. The zero-order valence-corrected chi connectivity index (χ0v) is 12.0. The van der Waals surface area contributed by atoms with E-state index in [4.69, 9.17) is 0 Å². The van der Waals surface area contributed by atoms with Crippen molar-refractivity contribution in [3.63, 3.8) is 0 Å². The molecule has 1 atom stereocenters. The van der Waals surface area contributed by atoms with Gasteiger partial charge in [-0.2, -0.15) is 0 Å². The van der Waals surface area contributed by atoms with Crippen LogP contribution in [0.15, 0.2) is 10.9 Å². The topological polar surface area (TPSA) is 16.1 Å². The van der Waals surface area contributed by atoms with Crippen molar-refractivity contribution in [2.24, 2.45) is 11.8 Å². The summed E-state index contributed by atoms with van der Waals surface area (Å²) in [5.74, 6) is 1.44. The van der Waals surface area contributed by atoms with E-state index in [9.17, 15) is 0 Å². The molecule has 1 aromatic rings. The SMILES string of the molecule is CC(C)C(CBr)CN(C)Cc1cscn1. The van der Waals surface area contributed by atoms with Crippen molar-refractivity contribution >= 4 is 27.3 Å². The maximum Gasteiger partial charge on any atom is 0.0795 e. The zero-order valence-electron chi connectivity index (χ0n) is 9.61. The summed E-state index contributed by atoms with van der Waals surface area (Å²) >= 11 is 5.25. The highest BCUT2D eigenvalue weighted by molar-refractivity contribution is 9.09. The third kappa shape index (κ3) is 4.62. The second-order valence-corrected chi connectivity index (χ2v) is 5.70. The van der Waals surface area contributed by atoms with Gasteiger partial charge in [0.15, 0.2) is 0 Å². The quantitative estimate of drug-likeness (QED) is 0.748. The minimum Gasteiger partial charge on any atom is -0.300 e. The van der Waals surface area contributed by atoms with Crippen LogP contribution in [-0.4, -0.2) is 28.8 Å². The van der Waals surface area contributed by atoms with Crippen molar-refractivity contribution < 1.29 is 0 Å². The van der Waals surface area contributed by atoms with Gasteiger partial charge in [-0.05, 0) is 18.9 Å². The summed E-state index contributed by atoms with van der Waals surface area (Å²) in [6.07, 6.45) is 0. The van der Waals surface area contributed by atoms with E-state index in [1.807, 2.05) is 5.51 Å². The molecule has 1 unspecified atom stereocenters. The van der Waals surface area contributed by atoms with Crippen LogP contribution in [0.5, 0.6) is 0 Å². The molecule has 0 bridgehead atoms. The first-order valence-electron chi connectivity index (χ1n) is 5.25. The summed E-state index contributed by atoms with van der Waals surface area (Å²) in [7, 11) is 2.16. The molecule has 1 heterocycles. The first kappa shape index (κ1) is 13.1. The molecular formula is C11H19BrN2S. The van der Waals surface area contributed by atoms with Crippen LogP contribution in [0.4, 0.5) is 0 Å². The van der Waals surface area contributed by atoms with E-state index < -0.39 is 0 Å². The summed E-state index contributed by atoms with van der Waals surface area (Å²) in [5, 5.41) is 3.20. The monoisotopic (exact) mass is 290 g/mol. The van der Waals surface area contributed by atoms with E-state index in [-0.39, 0.29) is 0 Å². The molecule has 15 heavy (non-hydrogen) atoms. The Morgan fingerprint density at radius 2 is 2.27 bits per heavy atom. The molecule has 0 spiro atoms. The predicted octanol–water partition coefficient (Wildman–Crippen LogP) is 3.24. The van der Waals surface area contributed by atoms with Crippen molar-refractivity contribution in [2.45, 2.75) is 20.4 Å². The molecule has 0 N–H and O–H groups in total. The van der Waals surface area contributed by atoms with Gasteiger partial charge in [-0.1, -0.05) is 29.8 Å². The minimum absolute atomic E-state index is 0.716. The third-order valence-electron chi connectivity index (χ3n) is 2.60. The van der Waals surface area contributed by atoms with E-state index in [1.165, 1.54) is 5.69 Å². The van der Waals surface area contributed by atoms with E-state index in [1.54, 1.807) is 11.3 Å². The third-order valence-corrected chi connectivity index (χ3v) is 4.07. The predicted molar refractivity (Wildman–Crippen MR) is 70.6 cm³/mol. The number of alkyl halides is 1. The van der Waals surface area contributed by atoms with Gasteiger partial charge in [-0.15, -0.1) is 11.3 Å². The summed E-state index contributed by atoms with van der Waals surface area (Å²) in [5.41, 5.74) is 3.08. The van der Waals surface area contributed by atoms with E-state index in [2.05, 4.69) is 52.1 Å². The van der Waals surface area contributed by atoms with Crippen molar-refractivity contribution in [3.8, 4) is 0 Å². The van der Waals surface area contributed by atoms with Gasteiger partial charge in [0.2, 0.25) is 0 Å². The number of thiazole rings is 1. The van der Waals surface area contributed by atoms with Gasteiger partial charge in [-0.3, -0.25) is 0 Å². The number of aromatic nitrogens is 1. The lowest BCUT2D eigenvalue weighted by atomic mass is 9.98. The first-order chi connectivity index (χ1) is 7.13. The molecule has 86 valence electrons. The molecule has 2 nitrogen and oxygen atoms in total.